The van der Waals surface area contributed by atoms with Crippen molar-refractivity contribution < 1.29 is 47.4 Å². The van der Waals surface area contributed by atoms with Gasteiger partial charge in [0.25, 0.3) is 0 Å². The number of hydrogen-bond donors (Lipinski definition) is 0. The molecule has 0 aromatic heterocycles. The lowest BCUT2D eigenvalue weighted by Crippen LogP contribution is -2.56. The molecule has 3 aliphatic heterocycles. The van der Waals surface area contributed by atoms with E-state index < -0.39 is 48.2 Å². The first kappa shape index (κ1) is 23.1. The Morgan fingerprint density at radius 1 is 0.844 bits per heavy atom. The first-order chi connectivity index (χ1) is 15.1. The molecule has 3 heterocycles. The van der Waals surface area contributed by atoms with Crippen LogP contribution in [-0.2, 0) is 28.4 Å². The third-order valence-electron chi connectivity index (χ3n) is 5.53. The largest absolute Gasteiger partial charge is 0.493 e. The van der Waals surface area contributed by atoms with Crippen molar-refractivity contribution in [1.29, 1.82) is 0 Å². The first-order valence-corrected chi connectivity index (χ1v) is 10.4. The topological polar surface area (TPSA) is 100 Å². The number of esters is 1. The molecule has 178 valence electrons. The average molecular weight is 454 g/mol. The third-order valence-corrected chi connectivity index (χ3v) is 5.53. The number of rotatable bonds is 6. The molecular weight excluding hydrogens is 424 g/mol. The van der Waals surface area contributed by atoms with Gasteiger partial charge in [-0.25, -0.2) is 4.79 Å². The second kappa shape index (κ2) is 8.35. The molecule has 0 bridgehead atoms. The monoisotopic (exact) mass is 454 g/mol. The molecule has 3 fully saturated rings. The summed E-state index contributed by atoms with van der Waals surface area (Å²) in [7, 11) is 4.44. The Bertz CT molecular complexity index is 841. The van der Waals surface area contributed by atoms with E-state index in [0.717, 1.165) is 0 Å². The highest BCUT2D eigenvalue weighted by atomic mass is 16.9. The molecule has 5 atom stereocenters. The lowest BCUT2D eigenvalue weighted by molar-refractivity contribution is -0.240. The van der Waals surface area contributed by atoms with Gasteiger partial charge in [0.2, 0.25) is 5.75 Å². The molecule has 0 radical (unpaired) electrons. The summed E-state index contributed by atoms with van der Waals surface area (Å²) in [5.41, 5.74) is 0.246. The van der Waals surface area contributed by atoms with Crippen LogP contribution in [0.2, 0.25) is 0 Å². The normalized spacial score (nSPS) is 32.0. The van der Waals surface area contributed by atoms with Crippen molar-refractivity contribution in [2.75, 3.05) is 27.9 Å². The Morgan fingerprint density at radius 2 is 1.41 bits per heavy atom. The Hall–Kier alpha value is -2.11. The van der Waals surface area contributed by atoms with Crippen LogP contribution in [0.4, 0.5) is 0 Å². The van der Waals surface area contributed by atoms with Crippen molar-refractivity contribution in [2.45, 2.75) is 70.0 Å². The quantitative estimate of drug-likeness (QED) is 0.595. The maximum Gasteiger partial charge on any atom is 0.338 e. The van der Waals surface area contributed by atoms with Crippen LogP contribution < -0.4 is 14.2 Å². The van der Waals surface area contributed by atoms with Crippen molar-refractivity contribution >= 4 is 5.97 Å². The van der Waals surface area contributed by atoms with E-state index in [0.29, 0.717) is 17.2 Å². The van der Waals surface area contributed by atoms with Gasteiger partial charge in [0.1, 0.15) is 31.0 Å². The molecule has 1 aromatic carbocycles. The second-order valence-electron chi connectivity index (χ2n) is 8.72. The Kier molecular flexibility index (Phi) is 6.01. The van der Waals surface area contributed by atoms with Crippen molar-refractivity contribution in [3.8, 4) is 17.2 Å². The molecule has 10 heteroatoms. The van der Waals surface area contributed by atoms with Gasteiger partial charge in [0, 0.05) is 0 Å². The van der Waals surface area contributed by atoms with Crippen molar-refractivity contribution in [2.24, 2.45) is 0 Å². The lowest BCUT2D eigenvalue weighted by Gasteiger charge is -2.36. The van der Waals surface area contributed by atoms with E-state index in [-0.39, 0.29) is 12.2 Å². The number of methoxy groups -OCH3 is 3. The van der Waals surface area contributed by atoms with Crippen LogP contribution >= 0.6 is 0 Å². The molecule has 32 heavy (non-hydrogen) atoms. The molecule has 0 saturated carbocycles. The van der Waals surface area contributed by atoms with Gasteiger partial charge in [-0.1, -0.05) is 0 Å². The number of hydrogen-bond acceptors (Lipinski definition) is 10. The SMILES string of the molecule is COc1cc(C(=O)OC[C@H]2O[C@@H]3OC(C)(C)O[C@@H]3[C@H]3OC(C)(C)O[C@H]32)cc(OC)c1OC. The molecule has 4 rings (SSSR count). The zero-order valence-electron chi connectivity index (χ0n) is 19.3. The molecule has 0 aliphatic carbocycles. The Labute approximate surface area is 186 Å². The van der Waals surface area contributed by atoms with E-state index in [2.05, 4.69) is 0 Å². The van der Waals surface area contributed by atoms with E-state index in [1.165, 1.54) is 33.5 Å². The van der Waals surface area contributed by atoms with E-state index in [9.17, 15) is 4.79 Å². The molecule has 0 amide bonds. The smallest absolute Gasteiger partial charge is 0.338 e. The van der Waals surface area contributed by atoms with Crippen LogP contribution in [0.3, 0.4) is 0 Å². The predicted octanol–water partition coefficient (Wildman–Crippen LogP) is 2.27. The molecule has 0 unspecified atom stereocenters. The van der Waals surface area contributed by atoms with E-state index >= 15 is 0 Å². The first-order valence-electron chi connectivity index (χ1n) is 10.4. The van der Waals surface area contributed by atoms with Gasteiger partial charge < -0.3 is 42.6 Å². The zero-order valence-corrected chi connectivity index (χ0v) is 19.3. The van der Waals surface area contributed by atoms with Crippen LogP contribution in [0, 0.1) is 0 Å². The van der Waals surface area contributed by atoms with Crippen molar-refractivity contribution in [3.63, 3.8) is 0 Å². The maximum absolute atomic E-state index is 12.8. The van der Waals surface area contributed by atoms with E-state index in [4.69, 9.17) is 42.6 Å². The van der Waals surface area contributed by atoms with Crippen molar-refractivity contribution in [3.05, 3.63) is 17.7 Å². The molecule has 0 N–H and O–H groups in total. The average Bonchev–Trinajstić information content (AvgIpc) is 3.24. The third kappa shape index (κ3) is 4.25. The number of fused-ring (bicyclic) bond motifs is 3. The van der Waals surface area contributed by atoms with E-state index in [1.54, 1.807) is 0 Å². The summed E-state index contributed by atoms with van der Waals surface area (Å²) >= 11 is 0. The highest BCUT2D eigenvalue weighted by Gasteiger charge is 2.60. The second-order valence-corrected chi connectivity index (χ2v) is 8.72. The molecular formula is C22H30O10. The summed E-state index contributed by atoms with van der Waals surface area (Å²) in [5, 5.41) is 0. The van der Waals surface area contributed by atoms with Crippen LogP contribution in [-0.4, -0.2) is 76.2 Å². The summed E-state index contributed by atoms with van der Waals surface area (Å²) < 4.78 is 51.5. The summed E-state index contributed by atoms with van der Waals surface area (Å²) in [4.78, 5) is 12.8. The Balaban J connectivity index is 1.50. The van der Waals surface area contributed by atoms with Gasteiger partial charge in [-0.3, -0.25) is 0 Å². The summed E-state index contributed by atoms with van der Waals surface area (Å²) in [6, 6.07) is 3.05. The summed E-state index contributed by atoms with van der Waals surface area (Å²) in [6.45, 7) is 7.19. The van der Waals surface area contributed by atoms with Gasteiger partial charge in [-0.2, -0.15) is 0 Å². The zero-order chi connectivity index (χ0) is 23.3. The number of carbonyl (C=O) groups excluding carboxylic acids is 1. The molecule has 3 aliphatic rings. The van der Waals surface area contributed by atoms with Crippen molar-refractivity contribution in [1.82, 2.24) is 0 Å². The fourth-order valence-corrected chi connectivity index (χ4v) is 4.27. The summed E-state index contributed by atoms with van der Waals surface area (Å²) in [5.74, 6) is -1.14. The minimum atomic E-state index is -0.831. The maximum atomic E-state index is 12.8. The van der Waals surface area contributed by atoms with E-state index in [1.807, 2.05) is 27.7 Å². The van der Waals surface area contributed by atoms with Gasteiger partial charge in [0.05, 0.1) is 26.9 Å². The van der Waals surface area contributed by atoms with Crippen LogP contribution in [0.1, 0.15) is 38.1 Å². The standard InChI is InChI=1S/C22H30O10/c1-21(2)29-16-14(28-20-18(17(16)30-21)31-22(3,4)32-20)10-27-19(23)11-8-12(24-5)15(26-7)13(9-11)25-6/h8-9,14,16-18,20H,10H2,1-7H3/t14-,16+,17+,18-,20-/m1/s1. The van der Waals surface area contributed by atoms with Gasteiger partial charge in [0.15, 0.2) is 29.4 Å². The number of ether oxygens (including phenoxy) is 9. The minimum Gasteiger partial charge on any atom is -0.493 e. The van der Waals surface area contributed by atoms with Crippen LogP contribution in [0.15, 0.2) is 12.1 Å². The Morgan fingerprint density at radius 3 is 2.00 bits per heavy atom. The molecule has 3 saturated heterocycles. The molecule has 1 aromatic rings. The fraction of sp³-hybridized carbons (Fsp3) is 0.682. The highest BCUT2D eigenvalue weighted by Crippen LogP contribution is 2.44. The predicted molar refractivity (Wildman–Crippen MR) is 109 cm³/mol. The van der Waals surface area contributed by atoms with Gasteiger partial charge in [-0.05, 0) is 39.8 Å². The van der Waals surface area contributed by atoms with Gasteiger partial charge >= 0.3 is 5.97 Å². The summed E-state index contributed by atoms with van der Waals surface area (Å²) in [6.07, 6.45) is -2.62. The molecule has 0 spiro atoms. The van der Waals surface area contributed by atoms with Gasteiger partial charge in [-0.15, -0.1) is 0 Å². The minimum absolute atomic E-state index is 0.0664. The number of benzene rings is 1. The lowest BCUT2D eigenvalue weighted by atomic mass is 9.99. The highest BCUT2D eigenvalue weighted by molar-refractivity contribution is 5.91. The van der Waals surface area contributed by atoms with Crippen LogP contribution in [0.5, 0.6) is 17.2 Å². The number of carbonyl (C=O) groups is 1. The van der Waals surface area contributed by atoms with Crippen LogP contribution in [0.25, 0.3) is 0 Å². The molecule has 10 nitrogen and oxygen atoms in total. The fourth-order valence-electron chi connectivity index (χ4n) is 4.27.